The number of fused-ring (bicyclic) bond motifs is 1. The van der Waals surface area contributed by atoms with Crippen molar-refractivity contribution in [3.8, 4) is 11.5 Å². The molecule has 0 radical (unpaired) electrons. The van der Waals surface area contributed by atoms with E-state index >= 15 is 4.39 Å². The van der Waals surface area contributed by atoms with Crippen molar-refractivity contribution in [1.29, 1.82) is 0 Å². The van der Waals surface area contributed by atoms with Crippen LogP contribution in [0, 0.1) is 11.8 Å². The molecule has 5 aliphatic heterocycles. The van der Waals surface area contributed by atoms with Gasteiger partial charge in [-0.25, -0.2) is 4.39 Å². The number of amides is 4. The van der Waals surface area contributed by atoms with Gasteiger partial charge in [0.1, 0.15) is 23.7 Å². The van der Waals surface area contributed by atoms with Crippen molar-refractivity contribution in [2.75, 3.05) is 50.7 Å². The van der Waals surface area contributed by atoms with Crippen molar-refractivity contribution in [3.63, 3.8) is 0 Å². The Morgan fingerprint density at radius 3 is 2.30 bits per heavy atom. The Labute approximate surface area is 368 Å². The van der Waals surface area contributed by atoms with Crippen LogP contribution in [0.4, 0.5) is 10.1 Å². The smallest absolute Gasteiger partial charge is 0.262 e. The Kier molecular flexibility index (Phi) is 12.9. The van der Waals surface area contributed by atoms with Gasteiger partial charge >= 0.3 is 0 Å². The standard InChI is InChI=1S/C50H56FN7O5/c1-5-6-10-32(3)46(33(4)52)47(34-13-16-39(17-14-34)63-38-11-8-7-9-12-38)53-23-21-40-31(2)22-24-55(30-43(40)51)36-26-57(27-36)37-28-56(29-37)35-15-18-41-42(25-35)50(62)58(49(41)61)44-19-20-45(59)54-48(44)60/h5-9,11-18,25,31,36-37,40,43-44H,1,19-24,26-30,52H2,2-4H3,(H,54,59,60)/b46-33-,53-47?/t10?,31-,40?,43?,44?/m1/s1. The molecule has 0 aliphatic carbocycles. The van der Waals surface area contributed by atoms with E-state index in [0.717, 1.165) is 77.9 Å². The molecule has 3 unspecified atom stereocenters. The first-order valence-electron chi connectivity index (χ1n) is 22.0. The molecule has 13 heteroatoms. The number of benzene rings is 3. The molecular formula is C50H56FN7O5. The molecule has 4 fully saturated rings. The SMILES string of the molecule is C=CC=C=C(C)/C(C(=NCCC1C(F)CN(C2CN(C3CN(c4ccc5c(c4)C(=O)N(C4CCC(=O)NC4=O)C5=O)C3)C2)CC[C@H]1C)c1ccc(Oc2ccccc2)cc1)=C(\C)N. The van der Waals surface area contributed by atoms with Crippen LogP contribution in [0.5, 0.6) is 11.5 Å². The number of piperidine rings is 1. The number of hydrogen-bond acceptors (Lipinski definition) is 10. The molecule has 3 aromatic rings. The summed E-state index contributed by atoms with van der Waals surface area (Å²) >= 11 is 0. The highest BCUT2D eigenvalue weighted by atomic mass is 19.1. The third kappa shape index (κ3) is 9.18. The summed E-state index contributed by atoms with van der Waals surface area (Å²) in [5, 5.41) is 2.24. The van der Waals surface area contributed by atoms with Crippen molar-refractivity contribution in [3.05, 3.63) is 131 Å². The van der Waals surface area contributed by atoms with Crippen molar-refractivity contribution < 1.29 is 28.3 Å². The molecule has 3 aromatic carbocycles. The number of nitrogens with zero attached hydrogens (tertiary/aromatic N) is 5. The van der Waals surface area contributed by atoms with Gasteiger partial charge in [-0.15, -0.1) is 5.73 Å². The summed E-state index contributed by atoms with van der Waals surface area (Å²) in [5.74, 6) is -0.510. The van der Waals surface area contributed by atoms with Crippen LogP contribution < -0.4 is 20.7 Å². The van der Waals surface area contributed by atoms with Gasteiger partial charge in [-0.1, -0.05) is 37.8 Å². The van der Waals surface area contributed by atoms with E-state index in [9.17, 15) is 19.2 Å². The predicted molar refractivity (Wildman–Crippen MR) is 242 cm³/mol. The lowest BCUT2D eigenvalue weighted by molar-refractivity contribution is -0.136. The highest BCUT2D eigenvalue weighted by Gasteiger charge is 2.46. The number of hydrogen-bond donors (Lipinski definition) is 2. The van der Waals surface area contributed by atoms with Gasteiger partial charge in [0.2, 0.25) is 11.8 Å². The van der Waals surface area contributed by atoms with Gasteiger partial charge in [0.05, 0.1) is 16.8 Å². The number of para-hydroxylation sites is 1. The maximum absolute atomic E-state index is 16.4. The second kappa shape index (κ2) is 18.7. The number of anilines is 1. The van der Waals surface area contributed by atoms with Gasteiger partial charge < -0.3 is 15.4 Å². The number of halogens is 1. The van der Waals surface area contributed by atoms with E-state index in [1.54, 1.807) is 24.3 Å². The molecule has 0 spiro atoms. The van der Waals surface area contributed by atoms with E-state index in [2.05, 4.69) is 39.3 Å². The highest BCUT2D eigenvalue weighted by Crippen LogP contribution is 2.36. The Morgan fingerprint density at radius 2 is 1.60 bits per heavy atom. The van der Waals surface area contributed by atoms with E-state index in [1.165, 1.54) is 0 Å². The van der Waals surface area contributed by atoms with Crippen LogP contribution in [0.3, 0.4) is 0 Å². The zero-order valence-corrected chi connectivity index (χ0v) is 36.3. The summed E-state index contributed by atoms with van der Waals surface area (Å²) < 4.78 is 22.4. The van der Waals surface area contributed by atoms with Gasteiger partial charge in [0, 0.05) is 85.9 Å². The van der Waals surface area contributed by atoms with Crippen LogP contribution in [-0.2, 0) is 9.59 Å². The Balaban J connectivity index is 0.861. The molecule has 12 nitrogen and oxygen atoms in total. The zero-order chi connectivity index (χ0) is 44.4. The number of imide groups is 2. The Morgan fingerprint density at radius 1 is 0.905 bits per heavy atom. The van der Waals surface area contributed by atoms with E-state index in [4.69, 9.17) is 15.5 Å². The van der Waals surface area contributed by atoms with Crippen molar-refractivity contribution in [1.82, 2.24) is 20.0 Å². The zero-order valence-electron chi connectivity index (χ0n) is 36.3. The normalized spacial score (nSPS) is 24.1. The molecule has 328 valence electrons. The van der Waals surface area contributed by atoms with Crippen LogP contribution >= 0.6 is 0 Å². The number of ether oxygens (including phenoxy) is 1. The van der Waals surface area contributed by atoms with Gasteiger partial charge in [-0.05, 0) is 112 Å². The van der Waals surface area contributed by atoms with E-state index in [-0.39, 0.29) is 35.8 Å². The fraction of sp³-hybridized carbons (Fsp3) is 0.400. The number of rotatable bonds is 13. The summed E-state index contributed by atoms with van der Waals surface area (Å²) in [7, 11) is 0. The fourth-order valence-corrected chi connectivity index (χ4v) is 9.62. The average Bonchev–Trinajstić information content (AvgIpc) is 3.38. The second-order valence-corrected chi connectivity index (χ2v) is 17.5. The third-order valence-electron chi connectivity index (χ3n) is 13.3. The molecule has 4 amide bonds. The number of aliphatic imine (C=N–C) groups is 1. The Bertz CT molecular complexity index is 2390. The number of nitrogens with one attached hydrogen (secondary N) is 1. The van der Waals surface area contributed by atoms with E-state index < -0.39 is 35.8 Å². The van der Waals surface area contributed by atoms with Gasteiger partial charge in [0.15, 0.2) is 0 Å². The lowest BCUT2D eigenvalue weighted by Crippen LogP contribution is -2.70. The van der Waals surface area contributed by atoms with Crippen LogP contribution in [-0.4, -0.2) is 114 Å². The minimum atomic E-state index is -0.990. The van der Waals surface area contributed by atoms with Crippen molar-refractivity contribution in [2.45, 2.75) is 70.8 Å². The van der Waals surface area contributed by atoms with E-state index in [1.807, 2.05) is 74.5 Å². The molecule has 0 bridgehead atoms. The third-order valence-corrected chi connectivity index (χ3v) is 13.3. The molecule has 3 N–H and O–H groups in total. The number of carbonyl (C=O) groups is 4. The molecule has 0 aromatic heterocycles. The van der Waals surface area contributed by atoms with E-state index in [0.29, 0.717) is 43.0 Å². The Hall–Kier alpha value is -6.14. The molecule has 63 heavy (non-hydrogen) atoms. The predicted octanol–water partition coefficient (Wildman–Crippen LogP) is 6.45. The number of likely N-dealkylation sites (tertiary alicyclic amines) is 2. The fourth-order valence-electron chi connectivity index (χ4n) is 9.62. The molecule has 5 aliphatic rings. The number of alkyl halides is 1. The van der Waals surface area contributed by atoms with Gasteiger partial charge in [-0.3, -0.25) is 44.2 Å². The average molecular weight is 854 g/mol. The molecule has 5 heterocycles. The number of nitrogens with two attached hydrogens (primary N) is 1. The van der Waals surface area contributed by atoms with Crippen LogP contribution in [0.2, 0.25) is 0 Å². The lowest BCUT2D eigenvalue weighted by atomic mass is 9.85. The van der Waals surface area contributed by atoms with Crippen molar-refractivity contribution in [2.24, 2.45) is 22.6 Å². The maximum Gasteiger partial charge on any atom is 0.262 e. The first-order valence-corrected chi connectivity index (χ1v) is 22.0. The quantitative estimate of drug-likeness (QED) is 0.0860. The number of carbonyl (C=O) groups excluding carboxylic acids is 4. The molecule has 0 saturated carbocycles. The van der Waals surface area contributed by atoms with Crippen LogP contribution in [0.15, 0.2) is 119 Å². The second-order valence-electron chi connectivity index (χ2n) is 17.5. The number of allylic oxidation sites excluding steroid dienone is 4. The molecule has 4 saturated heterocycles. The topological polar surface area (TPSA) is 141 Å². The monoisotopic (exact) mass is 853 g/mol. The largest absolute Gasteiger partial charge is 0.457 e. The van der Waals surface area contributed by atoms with Gasteiger partial charge in [-0.2, -0.15) is 0 Å². The summed E-state index contributed by atoms with van der Waals surface area (Å²) in [5.41, 5.74) is 15.1. The lowest BCUT2D eigenvalue weighted by Gasteiger charge is -2.54. The summed E-state index contributed by atoms with van der Waals surface area (Å²) in [6.45, 7) is 14.8. The van der Waals surface area contributed by atoms with Crippen LogP contribution in [0.25, 0.3) is 0 Å². The maximum atomic E-state index is 16.4. The first kappa shape index (κ1) is 43.5. The molecular weight excluding hydrogens is 798 g/mol. The first-order chi connectivity index (χ1) is 30.4. The minimum absolute atomic E-state index is 0.0797. The van der Waals surface area contributed by atoms with Gasteiger partial charge in [0.25, 0.3) is 11.8 Å². The van der Waals surface area contributed by atoms with Crippen LogP contribution in [0.1, 0.15) is 72.7 Å². The molecule has 4 atom stereocenters. The summed E-state index contributed by atoms with van der Waals surface area (Å²) in [6.07, 6.45) is 4.19. The summed E-state index contributed by atoms with van der Waals surface area (Å²) in [4.78, 5) is 63.8. The molecule has 8 rings (SSSR count). The minimum Gasteiger partial charge on any atom is -0.457 e. The highest BCUT2D eigenvalue weighted by molar-refractivity contribution is 6.23. The summed E-state index contributed by atoms with van der Waals surface area (Å²) in [6, 6.07) is 22.3. The van der Waals surface area contributed by atoms with Crippen molar-refractivity contribution >= 4 is 35.0 Å².